The maximum Gasteiger partial charge on any atom is 0.303 e. The molecule has 0 bridgehead atoms. The number of ether oxygens (including phenoxy) is 1. The standard InChI is InChI=1S/C17H16O2/c1-13(15-9-5-3-6-10-15)17(19-14(2)18)16-11-7-4-8-12-16/h3-12,17H,1H2,2H3/t17-/m1/s1. The van der Waals surface area contributed by atoms with E-state index in [1.807, 2.05) is 60.7 Å². The number of hydrogen-bond acceptors (Lipinski definition) is 2. The summed E-state index contributed by atoms with van der Waals surface area (Å²) in [5.41, 5.74) is 2.67. The largest absolute Gasteiger partial charge is 0.453 e. The van der Waals surface area contributed by atoms with Crippen molar-refractivity contribution >= 4 is 11.5 Å². The zero-order valence-corrected chi connectivity index (χ0v) is 10.9. The molecular formula is C17H16O2. The minimum atomic E-state index is -0.443. The molecule has 0 aromatic heterocycles. The van der Waals surface area contributed by atoms with Crippen molar-refractivity contribution in [2.24, 2.45) is 0 Å². The Bertz CT molecular complexity index is 558. The summed E-state index contributed by atoms with van der Waals surface area (Å²) in [5.74, 6) is -0.314. The Balaban J connectivity index is 2.33. The molecule has 0 heterocycles. The summed E-state index contributed by atoms with van der Waals surface area (Å²) in [6, 6.07) is 19.4. The third kappa shape index (κ3) is 3.32. The molecule has 0 unspecified atom stereocenters. The van der Waals surface area contributed by atoms with Crippen molar-refractivity contribution in [2.75, 3.05) is 0 Å². The van der Waals surface area contributed by atoms with Gasteiger partial charge in [0.2, 0.25) is 0 Å². The lowest BCUT2D eigenvalue weighted by Gasteiger charge is -2.20. The van der Waals surface area contributed by atoms with Crippen molar-refractivity contribution in [3.8, 4) is 0 Å². The molecule has 1 atom stereocenters. The highest BCUT2D eigenvalue weighted by molar-refractivity contribution is 5.73. The normalized spacial score (nSPS) is 11.6. The van der Waals surface area contributed by atoms with Crippen molar-refractivity contribution < 1.29 is 9.53 Å². The van der Waals surface area contributed by atoms with Gasteiger partial charge >= 0.3 is 5.97 Å². The zero-order chi connectivity index (χ0) is 13.7. The maximum absolute atomic E-state index is 11.3. The van der Waals surface area contributed by atoms with Gasteiger partial charge in [-0.3, -0.25) is 4.79 Å². The lowest BCUT2D eigenvalue weighted by Crippen LogP contribution is -2.10. The van der Waals surface area contributed by atoms with Gasteiger partial charge in [0, 0.05) is 6.92 Å². The number of carbonyl (C=O) groups excluding carboxylic acids is 1. The van der Waals surface area contributed by atoms with Crippen LogP contribution >= 0.6 is 0 Å². The second kappa shape index (κ2) is 6.01. The lowest BCUT2D eigenvalue weighted by atomic mass is 9.96. The van der Waals surface area contributed by atoms with Crippen LogP contribution in [-0.4, -0.2) is 5.97 Å². The Morgan fingerprint density at radius 2 is 1.53 bits per heavy atom. The molecule has 96 valence electrons. The predicted molar refractivity (Wildman–Crippen MR) is 76.4 cm³/mol. The van der Waals surface area contributed by atoms with Crippen LogP contribution in [0, 0.1) is 0 Å². The average Bonchev–Trinajstić information content (AvgIpc) is 2.46. The van der Waals surface area contributed by atoms with Crippen LogP contribution in [0.4, 0.5) is 0 Å². The van der Waals surface area contributed by atoms with Crippen molar-refractivity contribution in [3.05, 3.63) is 78.4 Å². The summed E-state index contributed by atoms with van der Waals surface area (Å²) in [5, 5.41) is 0. The van der Waals surface area contributed by atoms with Gasteiger partial charge in [0.05, 0.1) is 0 Å². The van der Waals surface area contributed by atoms with Crippen LogP contribution in [0.5, 0.6) is 0 Å². The monoisotopic (exact) mass is 252 g/mol. The highest BCUT2D eigenvalue weighted by atomic mass is 16.5. The molecule has 0 spiro atoms. The van der Waals surface area contributed by atoms with Gasteiger partial charge in [-0.05, 0) is 16.7 Å². The van der Waals surface area contributed by atoms with E-state index in [0.29, 0.717) is 0 Å². The quantitative estimate of drug-likeness (QED) is 0.769. The Hall–Kier alpha value is -2.35. The second-order valence-corrected chi connectivity index (χ2v) is 4.29. The van der Waals surface area contributed by atoms with E-state index in [1.54, 1.807) is 0 Å². The molecule has 2 nitrogen and oxygen atoms in total. The van der Waals surface area contributed by atoms with Gasteiger partial charge in [0.1, 0.15) is 0 Å². The number of benzene rings is 2. The summed E-state index contributed by atoms with van der Waals surface area (Å²) in [6.45, 7) is 5.49. The Kier molecular flexibility index (Phi) is 4.14. The third-order valence-electron chi connectivity index (χ3n) is 2.85. The highest BCUT2D eigenvalue weighted by Crippen LogP contribution is 2.31. The molecule has 2 rings (SSSR count). The fourth-order valence-corrected chi connectivity index (χ4v) is 1.94. The minimum Gasteiger partial charge on any atom is -0.453 e. The van der Waals surface area contributed by atoms with E-state index < -0.39 is 6.10 Å². The summed E-state index contributed by atoms with van der Waals surface area (Å²) in [4.78, 5) is 11.3. The van der Waals surface area contributed by atoms with Crippen molar-refractivity contribution in [2.45, 2.75) is 13.0 Å². The van der Waals surface area contributed by atoms with Crippen LogP contribution in [0.2, 0.25) is 0 Å². The number of rotatable bonds is 4. The first-order valence-corrected chi connectivity index (χ1v) is 6.15. The van der Waals surface area contributed by atoms with Gasteiger partial charge in [-0.1, -0.05) is 67.2 Å². The Morgan fingerprint density at radius 1 is 1.00 bits per heavy atom. The van der Waals surface area contributed by atoms with E-state index in [1.165, 1.54) is 6.92 Å². The predicted octanol–water partition coefficient (Wildman–Crippen LogP) is 4.00. The molecule has 2 aromatic rings. The number of carbonyl (C=O) groups is 1. The van der Waals surface area contributed by atoms with Gasteiger partial charge in [0.25, 0.3) is 0 Å². The summed E-state index contributed by atoms with van der Waals surface area (Å²) in [7, 11) is 0. The van der Waals surface area contributed by atoms with Crippen molar-refractivity contribution in [3.63, 3.8) is 0 Å². The van der Waals surface area contributed by atoms with Crippen LogP contribution < -0.4 is 0 Å². The smallest absolute Gasteiger partial charge is 0.303 e. The summed E-state index contributed by atoms with van der Waals surface area (Å²) < 4.78 is 5.41. The highest BCUT2D eigenvalue weighted by Gasteiger charge is 2.19. The van der Waals surface area contributed by atoms with E-state index in [-0.39, 0.29) is 5.97 Å². The molecular weight excluding hydrogens is 236 g/mol. The van der Waals surface area contributed by atoms with Gasteiger partial charge in [-0.15, -0.1) is 0 Å². The second-order valence-electron chi connectivity index (χ2n) is 4.29. The third-order valence-corrected chi connectivity index (χ3v) is 2.85. The van der Waals surface area contributed by atoms with Gasteiger partial charge < -0.3 is 4.74 Å². The van der Waals surface area contributed by atoms with Crippen molar-refractivity contribution in [1.29, 1.82) is 0 Å². The van der Waals surface area contributed by atoms with E-state index in [0.717, 1.165) is 16.7 Å². The molecule has 0 N–H and O–H groups in total. The van der Waals surface area contributed by atoms with Crippen LogP contribution in [-0.2, 0) is 9.53 Å². The number of esters is 1. The topological polar surface area (TPSA) is 26.3 Å². The lowest BCUT2D eigenvalue weighted by molar-refractivity contribution is -0.144. The van der Waals surface area contributed by atoms with E-state index in [4.69, 9.17) is 4.74 Å². The molecule has 0 aliphatic carbocycles. The van der Waals surface area contributed by atoms with Crippen molar-refractivity contribution in [1.82, 2.24) is 0 Å². The fraction of sp³-hybridized carbons (Fsp3) is 0.118. The maximum atomic E-state index is 11.3. The van der Waals surface area contributed by atoms with E-state index in [2.05, 4.69) is 6.58 Å². The fourth-order valence-electron chi connectivity index (χ4n) is 1.94. The van der Waals surface area contributed by atoms with E-state index in [9.17, 15) is 4.79 Å². The number of hydrogen-bond donors (Lipinski definition) is 0. The summed E-state index contributed by atoms with van der Waals surface area (Å²) >= 11 is 0. The van der Waals surface area contributed by atoms with Crippen LogP contribution in [0.3, 0.4) is 0 Å². The van der Waals surface area contributed by atoms with Crippen LogP contribution in [0.15, 0.2) is 67.2 Å². The Labute approximate surface area is 113 Å². The first-order valence-electron chi connectivity index (χ1n) is 6.15. The molecule has 0 aliphatic rings. The molecule has 0 saturated carbocycles. The zero-order valence-electron chi connectivity index (χ0n) is 10.9. The van der Waals surface area contributed by atoms with Gasteiger partial charge in [0.15, 0.2) is 6.10 Å². The average molecular weight is 252 g/mol. The van der Waals surface area contributed by atoms with Gasteiger partial charge in [-0.25, -0.2) is 0 Å². The molecule has 0 fully saturated rings. The van der Waals surface area contributed by atoms with Gasteiger partial charge in [-0.2, -0.15) is 0 Å². The van der Waals surface area contributed by atoms with Crippen LogP contribution in [0.25, 0.3) is 5.57 Å². The molecule has 0 saturated heterocycles. The molecule has 0 aliphatic heterocycles. The van der Waals surface area contributed by atoms with Crippen LogP contribution in [0.1, 0.15) is 24.2 Å². The van der Waals surface area contributed by atoms with E-state index >= 15 is 0 Å². The molecule has 19 heavy (non-hydrogen) atoms. The first kappa shape index (κ1) is 13.1. The molecule has 2 heteroatoms. The SMILES string of the molecule is C=C(c1ccccc1)[C@@H](OC(C)=O)c1ccccc1. The molecule has 2 aromatic carbocycles. The first-order chi connectivity index (χ1) is 9.18. The Morgan fingerprint density at radius 3 is 2.05 bits per heavy atom. The minimum absolute atomic E-state index is 0.314. The molecule has 0 radical (unpaired) electrons. The molecule has 0 amide bonds. The summed E-state index contributed by atoms with van der Waals surface area (Å²) in [6.07, 6.45) is -0.443.